The molecule has 1 atom stereocenters. The van der Waals surface area contributed by atoms with Gasteiger partial charge in [0.2, 0.25) is 5.91 Å². The number of hydrogen-bond donors (Lipinski definition) is 2. The largest absolute Gasteiger partial charge is 0.416 e. The average molecular weight is 424 g/mol. The van der Waals surface area contributed by atoms with E-state index in [1.54, 1.807) is 13.1 Å². The number of primary amides is 1. The molecule has 3 N–H and O–H groups in total. The Labute approximate surface area is 171 Å². The van der Waals surface area contributed by atoms with Crippen LogP contribution < -0.4 is 11.1 Å². The SMILES string of the molecule is Cn1nc(C2CCOCC2)cc1C(=O)NC(C)(C(N)=O)c1cccc(C(F)(F)F)c1. The Kier molecular flexibility index (Phi) is 5.89. The number of ether oxygens (including phenoxy) is 1. The lowest BCUT2D eigenvalue weighted by molar-refractivity contribution is -0.137. The van der Waals surface area contributed by atoms with Crippen LogP contribution in [0, 0.1) is 0 Å². The van der Waals surface area contributed by atoms with Gasteiger partial charge in [-0.2, -0.15) is 18.3 Å². The molecule has 1 saturated heterocycles. The Hall–Kier alpha value is -2.88. The van der Waals surface area contributed by atoms with Crippen molar-refractivity contribution in [3.63, 3.8) is 0 Å². The van der Waals surface area contributed by atoms with Gasteiger partial charge in [0.05, 0.1) is 11.3 Å². The van der Waals surface area contributed by atoms with E-state index in [0.717, 1.165) is 30.7 Å². The molecule has 1 fully saturated rings. The van der Waals surface area contributed by atoms with Crippen LogP contribution in [0.4, 0.5) is 13.2 Å². The third-order valence-electron chi connectivity index (χ3n) is 5.39. The van der Waals surface area contributed by atoms with Gasteiger partial charge in [0.15, 0.2) is 0 Å². The first-order valence-corrected chi connectivity index (χ1v) is 9.44. The van der Waals surface area contributed by atoms with Gasteiger partial charge in [-0.25, -0.2) is 0 Å². The van der Waals surface area contributed by atoms with Crippen molar-refractivity contribution in [3.8, 4) is 0 Å². The lowest BCUT2D eigenvalue weighted by Gasteiger charge is -2.28. The van der Waals surface area contributed by atoms with Gasteiger partial charge in [0.25, 0.3) is 5.91 Å². The second-order valence-electron chi connectivity index (χ2n) is 7.49. The van der Waals surface area contributed by atoms with Crippen LogP contribution in [0.5, 0.6) is 0 Å². The summed E-state index contributed by atoms with van der Waals surface area (Å²) in [5.41, 5.74) is 3.53. The third-order valence-corrected chi connectivity index (χ3v) is 5.39. The maximum Gasteiger partial charge on any atom is 0.416 e. The van der Waals surface area contributed by atoms with Gasteiger partial charge in [-0.3, -0.25) is 14.3 Å². The second kappa shape index (κ2) is 8.10. The zero-order chi connectivity index (χ0) is 22.1. The highest BCUT2D eigenvalue weighted by molar-refractivity contribution is 5.98. The predicted molar refractivity (Wildman–Crippen MR) is 101 cm³/mol. The highest BCUT2D eigenvalue weighted by atomic mass is 19.4. The zero-order valence-electron chi connectivity index (χ0n) is 16.6. The first-order chi connectivity index (χ1) is 14.0. The Morgan fingerprint density at radius 1 is 1.20 bits per heavy atom. The number of carbonyl (C=O) groups is 2. The molecule has 0 saturated carbocycles. The second-order valence-corrected chi connectivity index (χ2v) is 7.49. The number of aromatic nitrogens is 2. The smallest absolute Gasteiger partial charge is 0.381 e. The van der Waals surface area contributed by atoms with Gasteiger partial charge < -0.3 is 15.8 Å². The Balaban J connectivity index is 1.89. The molecule has 10 heteroatoms. The topological polar surface area (TPSA) is 99.2 Å². The number of nitrogens with two attached hydrogens (primary N) is 1. The van der Waals surface area contributed by atoms with Gasteiger partial charge in [-0.05, 0) is 43.5 Å². The molecule has 0 radical (unpaired) electrons. The maximum absolute atomic E-state index is 13.1. The summed E-state index contributed by atoms with van der Waals surface area (Å²) in [4.78, 5) is 25.1. The van der Waals surface area contributed by atoms with E-state index < -0.39 is 29.1 Å². The number of rotatable bonds is 5. The molecule has 162 valence electrons. The van der Waals surface area contributed by atoms with Gasteiger partial charge in [0.1, 0.15) is 11.2 Å². The van der Waals surface area contributed by atoms with Gasteiger partial charge in [-0.15, -0.1) is 0 Å². The van der Waals surface area contributed by atoms with Crippen molar-refractivity contribution in [1.29, 1.82) is 0 Å². The van der Waals surface area contributed by atoms with Crippen molar-refractivity contribution in [1.82, 2.24) is 15.1 Å². The molecule has 1 unspecified atom stereocenters. The van der Waals surface area contributed by atoms with E-state index >= 15 is 0 Å². The summed E-state index contributed by atoms with van der Waals surface area (Å²) in [6.45, 7) is 2.49. The standard InChI is InChI=1S/C20H23F3N4O3/c1-19(18(24)29,13-4-3-5-14(10-13)20(21,22)23)25-17(28)16-11-15(26-27(16)2)12-6-8-30-9-7-12/h3-5,10-12H,6-9H2,1-2H3,(H2,24,29)(H,25,28). The summed E-state index contributed by atoms with van der Waals surface area (Å²) in [5, 5.41) is 6.88. The summed E-state index contributed by atoms with van der Waals surface area (Å²) in [6.07, 6.45) is -3.04. The van der Waals surface area contributed by atoms with Gasteiger partial charge in [0, 0.05) is 26.2 Å². The zero-order valence-corrected chi connectivity index (χ0v) is 16.6. The fourth-order valence-corrected chi connectivity index (χ4v) is 3.47. The predicted octanol–water partition coefficient (Wildman–Crippen LogP) is 2.46. The van der Waals surface area contributed by atoms with E-state index in [1.807, 2.05) is 0 Å². The molecular formula is C20H23F3N4O3. The van der Waals surface area contributed by atoms with Crippen LogP contribution in [-0.2, 0) is 28.3 Å². The first-order valence-electron chi connectivity index (χ1n) is 9.44. The van der Waals surface area contributed by atoms with Crippen molar-refractivity contribution in [2.75, 3.05) is 13.2 Å². The number of alkyl halides is 3. The molecule has 30 heavy (non-hydrogen) atoms. The lowest BCUT2D eigenvalue weighted by Crippen LogP contribution is -2.53. The molecule has 3 rings (SSSR count). The quantitative estimate of drug-likeness (QED) is 0.770. The number of benzene rings is 1. The van der Waals surface area contributed by atoms with Gasteiger partial charge >= 0.3 is 6.18 Å². The first kappa shape index (κ1) is 21.8. The molecule has 1 aromatic heterocycles. The van der Waals surface area contributed by atoms with E-state index in [1.165, 1.54) is 23.7 Å². The average Bonchev–Trinajstić information content (AvgIpc) is 3.10. The van der Waals surface area contributed by atoms with Crippen LogP contribution in [0.25, 0.3) is 0 Å². The summed E-state index contributed by atoms with van der Waals surface area (Å²) in [5.74, 6) is -1.50. The molecule has 1 aromatic carbocycles. The molecule has 2 amide bonds. The minimum Gasteiger partial charge on any atom is -0.381 e. The number of carbonyl (C=O) groups excluding carboxylic acids is 2. The summed E-state index contributed by atoms with van der Waals surface area (Å²) < 4.78 is 46.0. The summed E-state index contributed by atoms with van der Waals surface area (Å²) >= 11 is 0. The number of nitrogens with zero attached hydrogens (tertiary/aromatic N) is 2. The normalized spacial score (nSPS) is 17.4. The van der Waals surface area contributed by atoms with E-state index in [4.69, 9.17) is 10.5 Å². The number of hydrogen-bond acceptors (Lipinski definition) is 4. The number of nitrogens with one attached hydrogen (secondary N) is 1. The monoisotopic (exact) mass is 424 g/mol. The molecule has 0 aliphatic carbocycles. The minimum absolute atomic E-state index is 0.0648. The molecular weight excluding hydrogens is 401 g/mol. The fourth-order valence-electron chi connectivity index (χ4n) is 3.47. The summed E-state index contributed by atoms with van der Waals surface area (Å²) in [6, 6.07) is 5.80. The van der Waals surface area contributed by atoms with Crippen molar-refractivity contribution >= 4 is 11.8 Å². The van der Waals surface area contributed by atoms with E-state index in [2.05, 4.69) is 10.4 Å². The molecule has 7 nitrogen and oxygen atoms in total. The van der Waals surface area contributed by atoms with E-state index in [-0.39, 0.29) is 17.2 Å². The van der Waals surface area contributed by atoms with Crippen molar-refractivity contribution in [3.05, 3.63) is 52.8 Å². The number of amides is 2. The van der Waals surface area contributed by atoms with Crippen LogP contribution in [-0.4, -0.2) is 34.8 Å². The molecule has 2 aromatic rings. The van der Waals surface area contributed by atoms with Crippen molar-refractivity contribution in [2.45, 2.75) is 37.4 Å². The van der Waals surface area contributed by atoms with E-state index in [0.29, 0.717) is 13.2 Å². The maximum atomic E-state index is 13.1. The number of halogens is 3. The Morgan fingerprint density at radius 3 is 2.43 bits per heavy atom. The van der Waals surface area contributed by atoms with E-state index in [9.17, 15) is 22.8 Å². The molecule has 1 aliphatic rings. The Morgan fingerprint density at radius 2 is 1.83 bits per heavy atom. The van der Waals surface area contributed by atoms with Crippen LogP contribution in [0.3, 0.4) is 0 Å². The molecule has 2 heterocycles. The third kappa shape index (κ3) is 4.33. The van der Waals surface area contributed by atoms with Gasteiger partial charge in [-0.1, -0.05) is 12.1 Å². The van der Waals surface area contributed by atoms with Crippen LogP contribution in [0.2, 0.25) is 0 Å². The highest BCUT2D eigenvalue weighted by Crippen LogP contribution is 2.32. The van der Waals surface area contributed by atoms with Crippen molar-refractivity contribution in [2.24, 2.45) is 12.8 Å². The van der Waals surface area contributed by atoms with Crippen LogP contribution in [0.15, 0.2) is 30.3 Å². The highest BCUT2D eigenvalue weighted by Gasteiger charge is 2.38. The fraction of sp³-hybridized carbons (Fsp3) is 0.450. The molecule has 1 aliphatic heterocycles. The summed E-state index contributed by atoms with van der Waals surface area (Å²) in [7, 11) is 1.59. The molecule has 0 bridgehead atoms. The minimum atomic E-state index is -4.60. The lowest BCUT2D eigenvalue weighted by atomic mass is 9.89. The van der Waals surface area contributed by atoms with Crippen LogP contribution >= 0.6 is 0 Å². The van der Waals surface area contributed by atoms with Crippen molar-refractivity contribution < 1.29 is 27.5 Å². The van der Waals surface area contributed by atoms with Crippen LogP contribution in [0.1, 0.15) is 53.0 Å². The number of aryl methyl sites for hydroxylation is 1. The molecule has 0 spiro atoms. The Bertz CT molecular complexity index is 951.